The lowest BCUT2D eigenvalue weighted by Crippen LogP contribution is -2.43. The second-order valence-electron chi connectivity index (χ2n) is 5.67. The lowest BCUT2D eigenvalue weighted by molar-refractivity contribution is 0.270. The van der Waals surface area contributed by atoms with Gasteiger partial charge in [0.25, 0.3) is 5.56 Å². The third-order valence-electron chi connectivity index (χ3n) is 3.96. The van der Waals surface area contributed by atoms with Crippen molar-refractivity contribution in [3.63, 3.8) is 0 Å². The molecule has 0 saturated heterocycles. The quantitative estimate of drug-likeness (QED) is 0.854. The second kappa shape index (κ2) is 4.39. The normalized spacial score (nSPS) is 26.8. The number of rotatable bonds is 4. The fraction of sp³-hybridized carbons (Fsp3) is 0.692. The predicted molar refractivity (Wildman–Crippen MR) is 70.7 cm³/mol. The lowest BCUT2D eigenvalue weighted by atomic mass is 9.81. The number of aromatic nitrogens is 2. The first kappa shape index (κ1) is 11.7. The van der Waals surface area contributed by atoms with Crippen molar-refractivity contribution < 1.29 is 0 Å². The maximum Gasteiger partial charge on any atom is 0.293 e. The van der Waals surface area contributed by atoms with Gasteiger partial charge in [0.15, 0.2) is 5.82 Å². The molecule has 0 aliphatic heterocycles. The van der Waals surface area contributed by atoms with Gasteiger partial charge >= 0.3 is 0 Å². The zero-order valence-corrected chi connectivity index (χ0v) is 10.7. The van der Waals surface area contributed by atoms with E-state index in [0.717, 1.165) is 32.2 Å². The zero-order valence-electron chi connectivity index (χ0n) is 10.7. The van der Waals surface area contributed by atoms with Crippen molar-refractivity contribution in [3.05, 3.63) is 22.7 Å². The van der Waals surface area contributed by atoms with Crippen LogP contribution in [-0.2, 0) is 0 Å². The third-order valence-corrected chi connectivity index (χ3v) is 3.96. The second-order valence-corrected chi connectivity index (χ2v) is 5.67. The van der Waals surface area contributed by atoms with Crippen LogP contribution in [0.4, 0.5) is 5.82 Å². The largest absolute Gasteiger partial charge is 0.355 e. The molecule has 0 radical (unpaired) electrons. The van der Waals surface area contributed by atoms with Crippen LogP contribution in [0.5, 0.6) is 0 Å². The Morgan fingerprint density at radius 3 is 2.83 bits per heavy atom. The molecule has 18 heavy (non-hydrogen) atoms. The van der Waals surface area contributed by atoms with E-state index in [2.05, 4.69) is 4.98 Å². The molecule has 2 N–H and O–H groups in total. The molecule has 1 aromatic heterocycles. The van der Waals surface area contributed by atoms with E-state index >= 15 is 0 Å². The summed E-state index contributed by atoms with van der Waals surface area (Å²) >= 11 is 0. The highest BCUT2D eigenvalue weighted by atomic mass is 16.1. The summed E-state index contributed by atoms with van der Waals surface area (Å²) in [5.74, 6) is 1.19. The summed E-state index contributed by atoms with van der Waals surface area (Å²) < 4.78 is 1.82. The smallest absolute Gasteiger partial charge is 0.293 e. The molecule has 98 valence electrons. The monoisotopic (exact) mass is 248 g/mol. The van der Waals surface area contributed by atoms with E-state index in [9.17, 15) is 4.79 Å². The van der Waals surface area contributed by atoms with E-state index in [1.165, 1.54) is 0 Å². The molecule has 5 nitrogen and oxygen atoms in total. The van der Waals surface area contributed by atoms with Gasteiger partial charge in [0.1, 0.15) is 0 Å². The zero-order chi connectivity index (χ0) is 12.7. The van der Waals surface area contributed by atoms with E-state index in [1.807, 2.05) is 16.5 Å². The minimum atomic E-state index is 0.0473. The van der Waals surface area contributed by atoms with Crippen LogP contribution in [0.25, 0.3) is 0 Å². The first-order chi connectivity index (χ1) is 8.65. The molecule has 5 heteroatoms. The van der Waals surface area contributed by atoms with Gasteiger partial charge in [0.05, 0.1) is 0 Å². The number of anilines is 1. The Kier molecular flexibility index (Phi) is 2.86. The van der Waals surface area contributed by atoms with Crippen LogP contribution >= 0.6 is 0 Å². The highest BCUT2D eigenvalue weighted by Crippen LogP contribution is 2.33. The van der Waals surface area contributed by atoms with Gasteiger partial charge in [-0.05, 0) is 31.6 Å². The maximum atomic E-state index is 12.3. The third kappa shape index (κ3) is 2.14. The van der Waals surface area contributed by atoms with Crippen LogP contribution < -0.4 is 16.2 Å². The molecule has 1 aromatic rings. The van der Waals surface area contributed by atoms with Gasteiger partial charge in [0, 0.05) is 38.1 Å². The molecule has 0 spiro atoms. The molecular formula is C13H20N4O. The first-order valence-corrected chi connectivity index (χ1v) is 6.69. The topological polar surface area (TPSA) is 64.2 Å². The number of hydrogen-bond donors (Lipinski definition) is 1. The summed E-state index contributed by atoms with van der Waals surface area (Å²) in [7, 11) is 1.95. The van der Waals surface area contributed by atoms with Gasteiger partial charge in [-0.2, -0.15) is 0 Å². The number of hydrogen-bond acceptors (Lipinski definition) is 4. The molecule has 0 bridgehead atoms. The van der Waals surface area contributed by atoms with Crippen LogP contribution in [-0.4, -0.2) is 29.2 Å². The molecular weight excluding hydrogens is 228 g/mol. The van der Waals surface area contributed by atoms with Crippen molar-refractivity contribution in [2.24, 2.45) is 11.7 Å². The minimum Gasteiger partial charge on any atom is -0.355 e. The molecule has 2 saturated carbocycles. The summed E-state index contributed by atoms with van der Waals surface area (Å²) in [5.41, 5.74) is 5.83. The summed E-state index contributed by atoms with van der Waals surface area (Å²) in [6.45, 7) is 0.880. The highest BCUT2D eigenvalue weighted by molar-refractivity contribution is 5.35. The van der Waals surface area contributed by atoms with Crippen molar-refractivity contribution >= 4 is 5.82 Å². The van der Waals surface area contributed by atoms with Crippen LogP contribution in [0.3, 0.4) is 0 Å². The van der Waals surface area contributed by atoms with Gasteiger partial charge in [0.2, 0.25) is 0 Å². The van der Waals surface area contributed by atoms with Crippen molar-refractivity contribution in [1.82, 2.24) is 9.55 Å². The Morgan fingerprint density at radius 2 is 2.22 bits per heavy atom. The van der Waals surface area contributed by atoms with Gasteiger partial charge in [-0.15, -0.1) is 0 Å². The molecule has 2 fully saturated rings. The molecule has 2 aliphatic carbocycles. The maximum absolute atomic E-state index is 12.3. The molecule has 0 atom stereocenters. The number of nitrogens with two attached hydrogens (primary N) is 1. The van der Waals surface area contributed by atoms with Crippen LogP contribution in [0.1, 0.15) is 31.7 Å². The average molecular weight is 248 g/mol. The summed E-state index contributed by atoms with van der Waals surface area (Å²) in [6.07, 6.45) is 7.89. The standard InChI is InChI=1S/C13H20N4O/c1-16(8-9-6-10(14)7-9)12-13(18)17(5-4-15-12)11-2-3-11/h4-5,9-11H,2-3,6-8,14H2,1H3. The van der Waals surface area contributed by atoms with Crippen molar-refractivity contribution in [1.29, 1.82) is 0 Å². The Bertz CT molecular complexity index is 488. The molecule has 0 amide bonds. The van der Waals surface area contributed by atoms with E-state index in [-0.39, 0.29) is 5.56 Å². The Labute approximate surface area is 107 Å². The van der Waals surface area contributed by atoms with Gasteiger partial charge in [-0.1, -0.05) is 0 Å². The minimum absolute atomic E-state index is 0.0473. The summed E-state index contributed by atoms with van der Waals surface area (Å²) in [5, 5.41) is 0. The van der Waals surface area contributed by atoms with E-state index in [4.69, 9.17) is 5.73 Å². The highest BCUT2D eigenvalue weighted by Gasteiger charge is 2.29. The van der Waals surface area contributed by atoms with Crippen molar-refractivity contribution in [3.8, 4) is 0 Å². The fourth-order valence-corrected chi connectivity index (χ4v) is 2.73. The van der Waals surface area contributed by atoms with E-state index < -0.39 is 0 Å². The predicted octanol–water partition coefficient (Wildman–Crippen LogP) is 0.752. The van der Waals surface area contributed by atoms with E-state index in [1.54, 1.807) is 12.4 Å². The molecule has 2 aliphatic rings. The van der Waals surface area contributed by atoms with Gasteiger partial charge in [-0.25, -0.2) is 4.98 Å². The van der Waals surface area contributed by atoms with Crippen LogP contribution in [0, 0.1) is 5.92 Å². The van der Waals surface area contributed by atoms with Crippen molar-refractivity contribution in [2.45, 2.75) is 37.8 Å². The molecule has 1 heterocycles. The summed E-state index contributed by atoms with van der Waals surface area (Å²) in [6, 6.07) is 0.764. The Balaban J connectivity index is 1.74. The van der Waals surface area contributed by atoms with Gasteiger partial charge in [-0.3, -0.25) is 4.79 Å². The fourth-order valence-electron chi connectivity index (χ4n) is 2.73. The Morgan fingerprint density at radius 1 is 1.50 bits per heavy atom. The number of nitrogens with zero attached hydrogens (tertiary/aromatic N) is 3. The SMILES string of the molecule is CN(CC1CC(N)C1)c1nccn(C2CC2)c1=O. The molecule has 0 unspecified atom stereocenters. The van der Waals surface area contributed by atoms with Crippen molar-refractivity contribution in [2.75, 3.05) is 18.5 Å². The first-order valence-electron chi connectivity index (χ1n) is 6.69. The lowest BCUT2D eigenvalue weighted by Gasteiger charge is -2.35. The van der Waals surface area contributed by atoms with Gasteiger partial charge < -0.3 is 15.2 Å². The van der Waals surface area contributed by atoms with Crippen LogP contribution in [0.2, 0.25) is 0 Å². The summed E-state index contributed by atoms with van der Waals surface area (Å²) in [4.78, 5) is 18.5. The van der Waals surface area contributed by atoms with Crippen LogP contribution in [0.15, 0.2) is 17.2 Å². The van der Waals surface area contributed by atoms with E-state index in [0.29, 0.717) is 23.8 Å². The Hall–Kier alpha value is -1.36. The average Bonchev–Trinajstić information content (AvgIpc) is 3.11. The molecule has 3 rings (SSSR count). The molecule has 0 aromatic carbocycles.